The van der Waals surface area contributed by atoms with Crippen molar-refractivity contribution in [3.05, 3.63) is 53.0 Å². The molecule has 1 saturated carbocycles. The van der Waals surface area contributed by atoms with Crippen molar-refractivity contribution in [2.45, 2.75) is 77.8 Å². The van der Waals surface area contributed by atoms with E-state index >= 15 is 0 Å². The highest BCUT2D eigenvalue weighted by Crippen LogP contribution is 2.28. The van der Waals surface area contributed by atoms with Crippen LogP contribution in [0.1, 0.15) is 74.3 Å². The van der Waals surface area contributed by atoms with Crippen molar-refractivity contribution in [1.29, 1.82) is 0 Å². The van der Waals surface area contributed by atoms with Gasteiger partial charge in [0, 0.05) is 37.2 Å². The molecule has 4 rings (SSSR count). The molecule has 2 heterocycles. The molecule has 0 saturated heterocycles. The highest BCUT2D eigenvalue weighted by atomic mass is 32.1. The number of methoxy groups -OCH3 is 1. The van der Waals surface area contributed by atoms with Gasteiger partial charge in [-0.1, -0.05) is 18.6 Å². The maximum Gasteiger partial charge on any atom is 0.305 e. The van der Waals surface area contributed by atoms with Gasteiger partial charge in [-0.3, -0.25) is 19.2 Å². The fraction of sp³-hybridized carbons (Fsp3) is 0.500. The number of fused-ring (bicyclic) bond motifs is 1. The number of hydrogen-bond acceptors (Lipinski definition) is 6. The van der Waals surface area contributed by atoms with Gasteiger partial charge in [-0.2, -0.15) is 0 Å². The molecule has 9 nitrogen and oxygen atoms in total. The molecule has 42 heavy (non-hydrogen) atoms. The zero-order chi connectivity index (χ0) is 30.1. The van der Waals surface area contributed by atoms with Crippen LogP contribution in [0, 0.1) is 12.8 Å². The van der Waals surface area contributed by atoms with Crippen LogP contribution >= 0.6 is 11.3 Å². The molecule has 3 amide bonds. The smallest absolute Gasteiger partial charge is 0.305 e. The Balaban J connectivity index is 1.30. The maximum atomic E-state index is 13.5. The summed E-state index contributed by atoms with van der Waals surface area (Å²) in [7, 11) is 1.39. The van der Waals surface area contributed by atoms with E-state index in [1.165, 1.54) is 7.11 Å². The molecule has 2 aromatic heterocycles. The third-order valence-electron chi connectivity index (χ3n) is 8.00. The molecule has 3 aromatic rings. The van der Waals surface area contributed by atoms with Gasteiger partial charge < -0.3 is 24.8 Å². The third kappa shape index (κ3) is 8.00. The average Bonchev–Trinajstić information content (AvgIpc) is 3.58. The number of benzene rings is 1. The highest BCUT2D eigenvalue weighted by molar-refractivity contribution is 7.17. The largest absolute Gasteiger partial charge is 0.469 e. The van der Waals surface area contributed by atoms with Crippen molar-refractivity contribution >= 4 is 50.9 Å². The van der Waals surface area contributed by atoms with Crippen molar-refractivity contribution in [1.82, 2.24) is 15.2 Å². The number of aryl methyl sites for hydroxylation is 1. The zero-order valence-corrected chi connectivity index (χ0v) is 25.6. The summed E-state index contributed by atoms with van der Waals surface area (Å²) in [5, 5.41) is 8.17. The van der Waals surface area contributed by atoms with E-state index in [1.54, 1.807) is 16.2 Å². The summed E-state index contributed by atoms with van der Waals surface area (Å²) >= 11 is 1.55. The summed E-state index contributed by atoms with van der Waals surface area (Å²) in [5.74, 6) is -0.456. The Kier molecular flexibility index (Phi) is 11.2. The van der Waals surface area contributed by atoms with Gasteiger partial charge in [0.2, 0.25) is 11.8 Å². The summed E-state index contributed by atoms with van der Waals surface area (Å²) in [5.41, 5.74) is 3.29. The van der Waals surface area contributed by atoms with Gasteiger partial charge in [-0.25, -0.2) is 0 Å². The number of likely N-dealkylation sites (N-methyl/N-ethyl adjacent to an activating group) is 1. The van der Waals surface area contributed by atoms with Crippen LogP contribution in [0.4, 0.5) is 5.69 Å². The fourth-order valence-corrected chi connectivity index (χ4v) is 6.47. The molecule has 1 aliphatic rings. The van der Waals surface area contributed by atoms with Crippen LogP contribution in [0.3, 0.4) is 0 Å². The van der Waals surface area contributed by atoms with E-state index in [1.807, 2.05) is 60.2 Å². The first kappa shape index (κ1) is 31.3. The molecular weight excluding hydrogens is 552 g/mol. The van der Waals surface area contributed by atoms with Gasteiger partial charge in [0.15, 0.2) is 0 Å². The molecule has 10 heteroatoms. The predicted octanol–water partition coefficient (Wildman–Crippen LogP) is 5.20. The lowest BCUT2D eigenvalue weighted by Gasteiger charge is -2.28. The molecule has 1 aromatic carbocycles. The van der Waals surface area contributed by atoms with Crippen molar-refractivity contribution < 1.29 is 23.9 Å². The van der Waals surface area contributed by atoms with Gasteiger partial charge in [0.1, 0.15) is 12.2 Å². The van der Waals surface area contributed by atoms with Crippen molar-refractivity contribution in [2.24, 2.45) is 5.92 Å². The molecule has 0 aliphatic heterocycles. The second kappa shape index (κ2) is 15.0. The van der Waals surface area contributed by atoms with E-state index in [4.69, 9.17) is 0 Å². The minimum Gasteiger partial charge on any atom is -0.469 e. The van der Waals surface area contributed by atoms with E-state index in [0.717, 1.165) is 66.4 Å². The third-order valence-corrected chi connectivity index (χ3v) is 8.85. The van der Waals surface area contributed by atoms with Crippen molar-refractivity contribution in [3.8, 4) is 0 Å². The Morgan fingerprint density at radius 2 is 1.83 bits per heavy atom. The van der Waals surface area contributed by atoms with Gasteiger partial charge >= 0.3 is 5.97 Å². The first-order chi connectivity index (χ1) is 20.3. The van der Waals surface area contributed by atoms with E-state index in [2.05, 4.69) is 15.4 Å². The maximum absolute atomic E-state index is 13.5. The van der Waals surface area contributed by atoms with Crippen LogP contribution in [0.15, 0.2) is 41.8 Å². The average molecular weight is 595 g/mol. The number of anilines is 1. The van der Waals surface area contributed by atoms with E-state index < -0.39 is 0 Å². The Hall–Kier alpha value is -3.66. The molecular formula is C32H42N4O5S. The minimum absolute atomic E-state index is 0.0172. The number of hydrogen-bond donors (Lipinski definition) is 2. The van der Waals surface area contributed by atoms with Crippen molar-refractivity contribution in [3.63, 3.8) is 0 Å². The molecule has 0 spiro atoms. The number of aromatic nitrogens is 1. The Bertz CT molecular complexity index is 1390. The number of unbranched alkanes of at least 4 members (excludes halogenated alkanes) is 2. The van der Waals surface area contributed by atoms with Crippen LogP contribution in [-0.4, -0.2) is 54.5 Å². The number of esters is 1. The lowest BCUT2D eigenvalue weighted by atomic mass is 9.85. The van der Waals surface area contributed by atoms with Crippen molar-refractivity contribution in [2.75, 3.05) is 25.1 Å². The quantitative estimate of drug-likeness (QED) is 0.209. The standard InChI is InChI=1S/C32H42N4O5S/c1-4-35(25-10-8-9-22(2)19-25)29(37)21-36-26-16-18-42-28(26)20-27(36)32(40)34-24-14-12-23(13-15-24)31(39)33-17-7-5-6-11-30(38)41-3/h8-10,16,18-20,23-24H,4-7,11-15,17,21H2,1-3H3,(H,33,39)(H,34,40)/t23-,24+. The van der Waals surface area contributed by atoms with Gasteiger partial charge in [0.25, 0.3) is 5.91 Å². The fourth-order valence-electron chi connectivity index (χ4n) is 5.64. The summed E-state index contributed by atoms with van der Waals surface area (Å²) in [6.07, 6.45) is 5.75. The molecule has 0 unspecified atom stereocenters. The van der Waals surface area contributed by atoms with E-state index in [-0.39, 0.29) is 42.2 Å². The second-order valence-corrected chi connectivity index (χ2v) is 11.9. The molecule has 1 fully saturated rings. The normalized spacial score (nSPS) is 16.6. The summed E-state index contributed by atoms with van der Waals surface area (Å²) < 4.78 is 7.44. The topological polar surface area (TPSA) is 110 Å². The second-order valence-electron chi connectivity index (χ2n) is 11.0. The van der Waals surface area contributed by atoms with Gasteiger partial charge in [-0.05, 0) is 87.6 Å². The van der Waals surface area contributed by atoms with Crippen LogP contribution in [-0.2, 0) is 25.7 Å². The van der Waals surface area contributed by atoms with Crippen LogP contribution in [0.25, 0.3) is 10.2 Å². The van der Waals surface area contributed by atoms with Gasteiger partial charge in [0.05, 0.1) is 17.3 Å². The summed E-state index contributed by atoms with van der Waals surface area (Å²) in [6.45, 7) is 5.16. The number of nitrogens with one attached hydrogen (secondary N) is 2. The number of carbonyl (C=O) groups is 4. The lowest BCUT2D eigenvalue weighted by molar-refractivity contribution is -0.140. The van der Waals surface area contributed by atoms with E-state index in [0.29, 0.717) is 25.2 Å². The Morgan fingerprint density at radius 1 is 1.05 bits per heavy atom. The first-order valence-electron chi connectivity index (χ1n) is 14.9. The van der Waals surface area contributed by atoms with Crippen LogP contribution in [0.5, 0.6) is 0 Å². The molecule has 0 bridgehead atoms. The Morgan fingerprint density at radius 3 is 2.55 bits per heavy atom. The number of carbonyl (C=O) groups excluding carboxylic acids is 4. The molecule has 0 atom stereocenters. The SMILES string of the molecule is CCN(C(=O)Cn1c(C(=O)N[C@H]2CC[C@@H](C(=O)NCCCCCC(=O)OC)CC2)cc2sccc21)c1cccc(C)c1. The van der Waals surface area contributed by atoms with Gasteiger partial charge in [-0.15, -0.1) is 11.3 Å². The molecule has 2 N–H and O–H groups in total. The van der Waals surface area contributed by atoms with E-state index in [9.17, 15) is 19.2 Å². The monoisotopic (exact) mass is 594 g/mol. The number of amides is 3. The molecule has 1 aliphatic carbocycles. The summed E-state index contributed by atoms with van der Waals surface area (Å²) in [4.78, 5) is 52.5. The van der Waals surface area contributed by atoms with Crippen LogP contribution < -0.4 is 15.5 Å². The zero-order valence-electron chi connectivity index (χ0n) is 24.8. The van der Waals surface area contributed by atoms with Crippen LogP contribution in [0.2, 0.25) is 0 Å². The number of nitrogens with zero attached hydrogens (tertiary/aromatic N) is 2. The molecule has 226 valence electrons. The first-order valence-corrected chi connectivity index (χ1v) is 15.8. The predicted molar refractivity (Wildman–Crippen MR) is 166 cm³/mol. The highest BCUT2D eigenvalue weighted by Gasteiger charge is 2.28. The number of rotatable bonds is 13. The number of ether oxygens (including phenoxy) is 1. The Labute approximate surface area is 251 Å². The number of thiophene rings is 1. The molecule has 0 radical (unpaired) electrons. The summed E-state index contributed by atoms with van der Waals surface area (Å²) in [6, 6.07) is 11.7. The minimum atomic E-state index is -0.203. The lowest BCUT2D eigenvalue weighted by Crippen LogP contribution is -2.42.